The van der Waals surface area contributed by atoms with Crippen LogP contribution < -0.4 is 10.6 Å². The lowest BCUT2D eigenvalue weighted by atomic mass is 10.1. The maximum Gasteiger partial charge on any atom is 0.259 e. The average molecular weight is 512 g/mol. The predicted octanol–water partition coefficient (Wildman–Crippen LogP) is 2.38. The number of thioether (sulfide) groups is 1. The SMILES string of the molecule is COCCNC(=O)CSC1=Nc2ccccc2C2=N[C@@H](CCC(=O)NCc3ccc(F)cc3)C(=O)N12. The van der Waals surface area contributed by atoms with E-state index >= 15 is 0 Å². The molecule has 0 unspecified atom stereocenters. The van der Waals surface area contributed by atoms with Crippen molar-refractivity contribution in [2.75, 3.05) is 26.0 Å². The van der Waals surface area contributed by atoms with Gasteiger partial charge in [-0.15, -0.1) is 0 Å². The zero-order chi connectivity index (χ0) is 25.5. The molecule has 0 aromatic heterocycles. The Hall–Kier alpha value is -3.57. The monoisotopic (exact) mass is 511 g/mol. The maximum atomic E-state index is 13.3. The minimum Gasteiger partial charge on any atom is -0.383 e. The van der Waals surface area contributed by atoms with Gasteiger partial charge in [0.05, 0.1) is 18.0 Å². The van der Waals surface area contributed by atoms with Crippen molar-refractivity contribution >= 4 is 46.2 Å². The van der Waals surface area contributed by atoms with Gasteiger partial charge in [0, 0.05) is 32.2 Å². The minimum atomic E-state index is -0.732. The Morgan fingerprint density at radius 2 is 1.89 bits per heavy atom. The fourth-order valence-corrected chi connectivity index (χ4v) is 4.55. The van der Waals surface area contributed by atoms with E-state index in [4.69, 9.17) is 4.74 Å². The number of methoxy groups -OCH3 is 1. The number of halogens is 1. The van der Waals surface area contributed by atoms with E-state index in [1.165, 1.54) is 17.0 Å². The zero-order valence-electron chi connectivity index (χ0n) is 19.7. The molecule has 2 aliphatic heterocycles. The molecule has 0 aliphatic carbocycles. The quantitative estimate of drug-likeness (QED) is 0.476. The average Bonchev–Trinajstić information content (AvgIpc) is 3.22. The number of benzene rings is 2. The Balaban J connectivity index is 1.39. The van der Waals surface area contributed by atoms with Crippen LogP contribution in [0.15, 0.2) is 58.5 Å². The molecular formula is C25H26FN5O4S. The van der Waals surface area contributed by atoms with Crippen LogP contribution in [0.1, 0.15) is 24.0 Å². The molecule has 9 nitrogen and oxygen atoms in total. The number of amidine groups is 2. The Morgan fingerprint density at radius 1 is 1.11 bits per heavy atom. The van der Waals surface area contributed by atoms with E-state index in [0.717, 1.165) is 22.9 Å². The molecule has 3 amide bonds. The van der Waals surface area contributed by atoms with Crippen molar-refractivity contribution < 1.29 is 23.5 Å². The molecule has 0 bridgehead atoms. The van der Waals surface area contributed by atoms with E-state index in [1.54, 1.807) is 19.2 Å². The third kappa shape index (κ3) is 6.16. The lowest BCUT2D eigenvalue weighted by Crippen LogP contribution is -2.42. The second kappa shape index (κ2) is 11.9. The number of rotatable bonds is 10. The number of hydrogen-bond acceptors (Lipinski definition) is 7. The summed E-state index contributed by atoms with van der Waals surface area (Å²) in [5, 5.41) is 5.90. The van der Waals surface area contributed by atoms with Crippen molar-refractivity contribution in [1.82, 2.24) is 15.5 Å². The van der Waals surface area contributed by atoms with Gasteiger partial charge in [-0.25, -0.2) is 14.3 Å². The van der Waals surface area contributed by atoms with Gasteiger partial charge in [-0.2, -0.15) is 0 Å². The van der Waals surface area contributed by atoms with Crippen molar-refractivity contribution in [2.45, 2.75) is 25.4 Å². The Kier molecular flexibility index (Phi) is 8.44. The molecule has 0 saturated carbocycles. The van der Waals surface area contributed by atoms with Crippen molar-refractivity contribution in [3.8, 4) is 0 Å². The number of aliphatic imine (C=N–C) groups is 2. The summed E-state index contributed by atoms with van der Waals surface area (Å²) in [5.74, 6) is -0.485. The molecule has 2 aromatic rings. The van der Waals surface area contributed by atoms with E-state index < -0.39 is 6.04 Å². The molecule has 36 heavy (non-hydrogen) atoms. The van der Waals surface area contributed by atoms with Crippen LogP contribution in [0.2, 0.25) is 0 Å². The fourth-order valence-electron chi connectivity index (χ4n) is 3.72. The summed E-state index contributed by atoms with van der Waals surface area (Å²) in [6.45, 7) is 1.07. The first-order valence-corrected chi connectivity index (χ1v) is 12.4. The van der Waals surface area contributed by atoms with Crippen LogP contribution in [0.25, 0.3) is 0 Å². The van der Waals surface area contributed by atoms with Crippen molar-refractivity contribution in [1.29, 1.82) is 0 Å². The van der Waals surface area contributed by atoms with E-state index in [1.807, 2.05) is 24.3 Å². The number of ether oxygens (including phenoxy) is 1. The van der Waals surface area contributed by atoms with Crippen LogP contribution >= 0.6 is 11.8 Å². The van der Waals surface area contributed by atoms with Gasteiger partial charge in [0.15, 0.2) is 5.17 Å². The molecule has 0 radical (unpaired) electrons. The minimum absolute atomic E-state index is 0.0816. The summed E-state index contributed by atoms with van der Waals surface area (Å²) >= 11 is 1.16. The fraction of sp³-hybridized carbons (Fsp3) is 0.320. The van der Waals surface area contributed by atoms with Gasteiger partial charge in [0.2, 0.25) is 11.8 Å². The normalized spacial score (nSPS) is 16.1. The van der Waals surface area contributed by atoms with Gasteiger partial charge in [-0.05, 0) is 36.2 Å². The standard InChI is InChI=1S/C25H26FN5O4S/c1-35-13-12-27-22(33)15-36-25-30-19-5-3-2-4-18(19)23-29-20(24(34)31(23)25)10-11-21(32)28-14-16-6-8-17(26)9-7-16/h2-9,20H,10-15H2,1H3,(H,27,33)(H,28,32)/t20-/m0/s1. The van der Waals surface area contributed by atoms with E-state index in [-0.39, 0.29) is 48.7 Å². The van der Waals surface area contributed by atoms with Gasteiger partial charge in [0.1, 0.15) is 17.7 Å². The molecule has 2 N–H and O–H groups in total. The lowest BCUT2D eigenvalue weighted by molar-refractivity contribution is -0.125. The van der Waals surface area contributed by atoms with Crippen LogP contribution in [0.5, 0.6) is 0 Å². The van der Waals surface area contributed by atoms with Gasteiger partial charge in [-0.1, -0.05) is 36.0 Å². The second-order valence-electron chi connectivity index (χ2n) is 8.13. The molecule has 2 aliphatic rings. The summed E-state index contributed by atoms with van der Waals surface area (Å²) in [5.41, 5.74) is 2.17. The van der Waals surface area contributed by atoms with Crippen molar-refractivity contribution in [3.63, 3.8) is 0 Å². The summed E-state index contributed by atoms with van der Waals surface area (Å²) in [6, 6.07) is 12.5. The first kappa shape index (κ1) is 25.5. The highest BCUT2D eigenvalue weighted by atomic mass is 32.2. The van der Waals surface area contributed by atoms with E-state index in [0.29, 0.717) is 29.8 Å². The number of fused-ring (bicyclic) bond motifs is 3. The number of nitrogens with one attached hydrogen (secondary N) is 2. The summed E-state index contributed by atoms with van der Waals surface area (Å²) < 4.78 is 18.0. The van der Waals surface area contributed by atoms with Gasteiger partial charge in [-0.3, -0.25) is 19.4 Å². The molecule has 188 valence electrons. The highest BCUT2D eigenvalue weighted by Gasteiger charge is 2.41. The summed E-state index contributed by atoms with van der Waals surface area (Å²) in [7, 11) is 1.56. The number of carbonyl (C=O) groups is 3. The molecule has 0 spiro atoms. The largest absolute Gasteiger partial charge is 0.383 e. The van der Waals surface area contributed by atoms with Crippen LogP contribution in [-0.2, 0) is 25.7 Å². The molecule has 1 atom stereocenters. The number of amides is 3. The van der Waals surface area contributed by atoms with Crippen LogP contribution in [0.4, 0.5) is 10.1 Å². The van der Waals surface area contributed by atoms with Crippen LogP contribution in [-0.4, -0.2) is 65.7 Å². The number of para-hydroxylation sites is 1. The molecular weight excluding hydrogens is 485 g/mol. The first-order chi connectivity index (χ1) is 17.5. The molecule has 0 saturated heterocycles. The number of hydrogen-bond donors (Lipinski definition) is 2. The zero-order valence-corrected chi connectivity index (χ0v) is 20.5. The first-order valence-electron chi connectivity index (χ1n) is 11.5. The second-order valence-corrected chi connectivity index (χ2v) is 9.07. The molecule has 0 fully saturated rings. The maximum absolute atomic E-state index is 13.3. The highest BCUT2D eigenvalue weighted by molar-refractivity contribution is 8.14. The third-order valence-electron chi connectivity index (χ3n) is 5.56. The molecule has 11 heteroatoms. The summed E-state index contributed by atoms with van der Waals surface area (Å²) in [4.78, 5) is 48.5. The van der Waals surface area contributed by atoms with E-state index in [2.05, 4.69) is 20.6 Å². The topological polar surface area (TPSA) is 112 Å². The van der Waals surface area contributed by atoms with Crippen molar-refractivity contribution in [2.24, 2.45) is 9.98 Å². The molecule has 4 rings (SSSR count). The number of carbonyl (C=O) groups excluding carboxylic acids is 3. The van der Waals surface area contributed by atoms with Crippen LogP contribution in [0.3, 0.4) is 0 Å². The van der Waals surface area contributed by atoms with Crippen LogP contribution in [0, 0.1) is 5.82 Å². The van der Waals surface area contributed by atoms with Gasteiger partial charge >= 0.3 is 0 Å². The predicted molar refractivity (Wildman–Crippen MR) is 136 cm³/mol. The Morgan fingerprint density at radius 3 is 2.67 bits per heavy atom. The smallest absolute Gasteiger partial charge is 0.259 e. The highest BCUT2D eigenvalue weighted by Crippen LogP contribution is 2.34. The number of nitrogens with zero attached hydrogens (tertiary/aromatic N) is 3. The molecule has 2 aromatic carbocycles. The summed E-state index contributed by atoms with van der Waals surface area (Å²) in [6.07, 6.45) is 0.330. The van der Waals surface area contributed by atoms with Gasteiger partial charge < -0.3 is 15.4 Å². The van der Waals surface area contributed by atoms with Gasteiger partial charge in [0.25, 0.3) is 5.91 Å². The third-order valence-corrected chi connectivity index (χ3v) is 6.49. The van der Waals surface area contributed by atoms with E-state index in [9.17, 15) is 18.8 Å². The molecule has 2 heterocycles. The lowest BCUT2D eigenvalue weighted by Gasteiger charge is -2.25. The Bertz CT molecular complexity index is 1200. The van der Waals surface area contributed by atoms with Crippen molar-refractivity contribution in [3.05, 3.63) is 65.5 Å². The Labute approximate surface area is 212 Å².